The van der Waals surface area contributed by atoms with Crippen LogP contribution in [0.5, 0.6) is 5.75 Å². The molecule has 0 fully saturated rings. The number of fused-ring (bicyclic) bond motifs is 1. The molecule has 0 unspecified atom stereocenters. The predicted molar refractivity (Wildman–Crippen MR) is 65.5 cm³/mol. The van der Waals surface area contributed by atoms with Crippen molar-refractivity contribution in [2.75, 3.05) is 23.4 Å². The molecule has 14 heavy (non-hydrogen) atoms. The summed E-state index contributed by atoms with van der Waals surface area (Å²) in [5.41, 5.74) is 4.51. The summed E-state index contributed by atoms with van der Waals surface area (Å²) in [7, 11) is 0. The molecule has 5 N–H and O–H groups in total. The van der Waals surface area contributed by atoms with Crippen LogP contribution in [0.2, 0.25) is 0 Å². The van der Waals surface area contributed by atoms with Crippen LogP contribution in [-0.4, -0.2) is 13.2 Å². The summed E-state index contributed by atoms with van der Waals surface area (Å²) in [4.78, 5) is 5.09. The number of hydrogen-bond acceptors (Lipinski definition) is 6. The third-order valence-electron chi connectivity index (χ3n) is 1.73. The molecule has 1 aliphatic heterocycles. The van der Waals surface area contributed by atoms with Gasteiger partial charge in [-0.05, 0) is 18.2 Å². The Morgan fingerprint density at radius 2 is 2.29 bits per heavy atom. The Morgan fingerprint density at radius 1 is 1.43 bits per heavy atom. The minimum Gasteiger partial charge on any atom is -0.489 e. The van der Waals surface area contributed by atoms with Crippen molar-refractivity contribution >= 4 is 24.2 Å². The van der Waals surface area contributed by atoms with Crippen LogP contribution in [0.4, 0.5) is 11.4 Å². The van der Waals surface area contributed by atoms with Crippen LogP contribution in [0.25, 0.3) is 0 Å². The van der Waals surface area contributed by atoms with E-state index in [1.807, 2.05) is 18.2 Å². The molecule has 6 heteroatoms. The van der Waals surface area contributed by atoms with Crippen LogP contribution >= 0.6 is 12.8 Å². The Bertz CT molecular complexity index is 320. The van der Waals surface area contributed by atoms with Gasteiger partial charge in [0.15, 0.2) is 0 Å². The molecule has 1 aromatic rings. The number of nitrogens with one attached hydrogen (secondary N) is 2. The highest BCUT2D eigenvalue weighted by Gasteiger charge is 2.08. The van der Waals surface area contributed by atoms with Gasteiger partial charge in [0, 0.05) is 9.97 Å². The first-order chi connectivity index (χ1) is 6.40. The largest absolute Gasteiger partial charge is 0.489 e. The number of rotatable bonds is 1. The van der Waals surface area contributed by atoms with Crippen molar-refractivity contribution in [1.82, 2.24) is 6.15 Å². The summed E-state index contributed by atoms with van der Waals surface area (Å²) < 4.78 is 8.15. The van der Waals surface area contributed by atoms with Gasteiger partial charge in [-0.1, -0.05) is 12.8 Å². The van der Waals surface area contributed by atoms with Gasteiger partial charge in [-0.2, -0.15) is 0 Å². The quantitative estimate of drug-likeness (QED) is 0.548. The van der Waals surface area contributed by atoms with E-state index in [9.17, 15) is 0 Å². The molecule has 0 spiro atoms. The second-order valence-electron chi connectivity index (χ2n) is 2.62. The van der Waals surface area contributed by atoms with Gasteiger partial charge in [0.2, 0.25) is 0 Å². The van der Waals surface area contributed by atoms with Crippen molar-refractivity contribution in [2.45, 2.75) is 0 Å². The van der Waals surface area contributed by atoms with Crippen LogP contribution in [0, 0.1) is 0 Å². The molecule has 0 saturated carbocycles. The topological polar surface area (TPSA) is 77.5 Å². The number of hydrogen-bond donors (Lipinski definition) is 4. The Hall–Kier alpha value is -1.11. The minimum atomic E-state index is 0. The third kappa shape index (κ3) is 2.22. The summed E-state index contributed by atoms with van der Waals surface area (Å²) >= 11 is 3.95. The molecule has 0 aliphatic carbocycles. The molecular formula is C8H19N3O2S. The third-order valence-corrected chi connectivity index (χ3v) is 1.99. The summed E-state index contributed by atoms with van der Waals surface area (Å²) in [6.07, 6.45) is 0. The molecular weight excluding hydrogens is 202 g/mol. The zero-order valence-corrected chi connectivity index (χ0v) is 8.51. The average Bonchev–Trinajstić information content (AvgIpc) is 2.41. The first-order valence-electron chi connectivity index (χ1n) is 3.95. The van der Waals surface area contributed by atoms with Gasteiger partial charge in [-0.15, -0.1) is 0 Å². The highest BCUT2D eigenvalue weighted by atomic mass is 32.1. The highest BCUT2D eigenvalue weighted by molar-refractivity contribution is 7.81. The number of benzene rings is 1. The first kappa shape index (κ1) is 11.0. The molecule has 0 radical (unpaired) electrons. The normalized spacial score (nSPS) is 13.8. The summed E-state index contributed by atoms with van der Waals surface area (Å²) in [5, 5.41) is 0. The Labute approximate surface area is 92.3 Å². The standard InChI is InChI=1S/C8H10N2O2S.H3N.3H2/c13-10-6-1-2-8-7(5-6)9-12-4-3-11-8;;;;/h1-2,5,9-10,13H,3-4H2;1H3;3*1H. The molecule has 1 aliphatic rings. The van der Waals surface area contributed by atoms with Crippen LogP contribution < -0.4 is 21.1 Å². The summed E-state index contributed by atoms with van der Waals surface area (Å²) in [5.74, 6) is 0.796. The van der Waals surface area contributed by atoms with Gasteiger partial charge >= 0.3 is 0 Å². The summed E-state index contributed by atoms with van der Waals surface area (Å²) in [6, 6.07) is 5.63. The average molecular weight is 221 g/mol. The van der Waals surface area contributed by atoms with Gasteiger partial charge in [0.1, 0.15) is 24.7 Å². The van der Waals surface area contributed by atoms with E-state index in [-0.39, 0.29) is 10.4 Å². The molecule has 0 atom stereocenters. The van der Waals surface area contributed by atoms with Crippen molar-refractivity contribution in [3.8, 4) is 5.75 Å². The Kier molecular flexibility index (Phi) is 3.87. The van der Waals surface area contributed by atoms with Gasteiger partial charge in [-0.3, -0.25) is 10.3 Å². The molecule has 5 nitrogen and oxygen atoms in total. The smallest absolute Gasteiger partial charge is 0.144 e. The van der Waals surface area contributed by atoms with E-state index in [1.54, 1.807) is 0 Å². The molecule has 0 bridgehead atoms. The molecule has 1 heterocycles. The van der Waals surface area contributed by atoms with Gasteiger partial charge < -0.3 is 15.6 Å². The SMILES string of the molecule is N.SNc1ccc2c(c1)NOCCO2.[HH].[HH].[HH]. The second kappa shape index (κ2) is 4.94. The zero-order chi connectivity index (χ0) is 9.10. The van der Waals surface area contributed by atoms with Crippen LogP contribution in [0.15, 0.2) is 18.2 Å². The molecule has 84 valence electrons. The second-order valence-corrected chi connectivity index (χ2v) is 2.85. The molecule has 0 amide bonds. The van der Waals surface area contributed by atoms with Crippen molar-refractivity contribution < 1.29 is 13.9 Å². The highest BCUT2D eigenvalue weighted by Crippen LogP contribution is 2.29. The van der Waals surface area contributed by atoms with Crippen LogP contribution in [-0.2, 0) is 4.84 Å². The number of anilines is 2. The molecule has 2 rings (SSSR count). The van der Waals surface area contributed by atoms with Crippen molar-refractivity contribution in [3.63, 3.8) is 0 Å². The van der Waals surface area contributed by atoms with Gasteiger partial charge in [0.25, 0.3) is 0 Å². The van der Waals surface area contributed by atoms with E-state index in [4.69, 9.17) is 9.57 Å². The lowest BCUT2D eigenvalue weighted by molar-refractivity contribution is 0.159. The van der Waals surface area contributed by atoms with E-state index < -0.39 is 0 Å². The Morgan fingerprint density at radius 3 is 3.07 bits per heavy atom. The van der Waals surface area contributed by atoms with Crippen molar-refractivity contribution in [1.29, 1.82) is 0 Å². The lowest BCUT2D eigenvalue weighted by Gasteiger charge is -2.07. The van der Waals surface area contributed by atoms with Crippen molar-refractivity contribution in [2.24, 2.45) is 0 Å². The molecule has 0 aromatic heterocycles. The van der Waals surface area contributed by atoms with E-state index in [0.717, 1.165) is 17.1 Å². The first-order valence-corrected chi connectivity index (χ1v) is 4.39. The fourth-order valence-electron chi connectivity index (χ4n) is 1.13. The lowest BCUT2D eigenvalue weighted by Crippen LogP contribution is -2.04. The van der Waals surface area contributed by atoms with Gasteiger partial charge in [0.05, 0.1) is 0 Å². The van der Waals surface area contributed by atoms with Crippen molar-refractivity contribution in [3.05, 3.63) is 18.2 Å². The molecule has 1 aromatic carbocycles. The van der Waals surface area contributed by atoms with E-state index >= 15 is 0 Å². The number of ether oxygens (including phenoxy) is 1. The fourth-order valence-corrected chi connectivity index (χ4v) is 1.27. The maximum absolute atomic E-state index is 5.41. The molecule has 0 saturated heterocycles. The van der Waals surface area contributed by atoms with E-state index in [0.29, 0.717) is 13.2 Å². The van der Waals surface area contributed by atoms with E-state index in [2.05, 4.69) is 23.0 Å². The Balaban J connectivity index is -0.000000490. The van der Waals surface area contributed by atoms with Crippen LogP contribution in [0.3, 0.4) is 0 Å². The number of thiol groups is 1. The fraction of sp³-hybridized carbons (Fsp3) is 0.250. The van der Waals surface area contributed by atoms with E-state index in [1.165, 1.54) is 0 Å². The summed E-state index contributed by atoms with van der Waals surface area (Å²) in [6.45, 7) is 1.10. The maximum Gasteiger partial charge on any atom is 0.144 e. The maximum atomic E-state index is 5.41. The monoisotopic (exact) mass is 221 g/mol. The lowest BCUT2D eigenvalue weighted by atomic mass is 10.2. The van der Waals surface area contributed by atoms with Crippen LogP contribution in [0.1, 0.15) is 4.28 Å². The van der Waals surface area contributed by atoms with Gasteiger partial charge in [-0.25, -0.2) is 0 Å². The minimum absolute atomic E-state index is 0. The zero-order valence-electron chi connectivity index (χ0n) is 7.62. The predicted octanol–water partition coefficient (Wildman–Crippen LogP) is 2.58.